The fourth-order valence-electron chi connectivity index (χ4n) is 3.09. The molecule has 0 bridgehead atoms. The van der Waals surface area contributed by atoms with E-state index in [1.165, 1.54) is 11.8 Å². The van der Waals surface area contributed by atoms with Gasteiger partial charge in [-0.25, -0.2) is 4.98 Å². The van der Waals surface area contributed by atoms with Gasteiger partial charge in [0.15, 0.2) is 5.16 Å². The van der Waals surface area contributed by atoms with Crippen molar-refractivity contribution in [1.29, 1.82) is 0 Å². The molecule has 2 aromatic carbocycles. The van der Waals surface area contributed by atoms with Crippen LogP contribution in [0.3, 0.4) is 0 Å². The molecule has 1 amide bonds. The fourth-order valence-corrected chi connectivity index (χ4v) is 3.93. The zero-order chi connectivity index (χ0) is 19.3. The summed E-state index contributed by atoms with van der Waals surface area (Å²) in [6.07, 6.45) is 1.74. The minimum Gasteiger partial charge on any atom is -0.383 e. The van der Waals surface area contributed by atoms with Crippen LogP contribution in [0.15, 0.2) is 66.0 Å². The molecule has 0 atom stereocenters. The van der Waals surface area contributed by atoms with Gasteiger partial charge in [0.1, 0.15) is 0 Å². The maximum Gasteiger partial charge on any atom is 0.234 e. The Morgan fingerprint density at radius 2 is 1.96 bits per heavy atom. The lowest BCUT2D eigenvalue weighted by Crippen LogP contribution is -2.15. The normalized spacial score (nSPS) is 11.2. The molecule has 0 saturated carbocycles. The molecule has 0 radical (unpaired) electrons. The molecule has 28 heavy (non-hydrogen) atoms. The van der Waals surface area contributed by atoms with Gasteiger partial charge in [0.2, 0.25) is 5.91 Å². The number of anilines is 1. The second-order valence-corrected chi connectivity index (χ2v) is 7.18. The second kappa shape index (κ2) is 8.41. The van der Waals surface area contributed by atoms with E-state index in [4.69, 9.17) is 4.74 Å². The van der Waals surface area contributed by atoms with Gasteiger partial charge in [-0.05, 0) is 36.4 Å². The van der Waals surface area contributed by atoms with Gasteiger partial charge in [-0.1, -0.05) is 30.0 Å². The van der Waals surface area contributed by atoms with E-state index >= 15 is 0 Å². The number of hydrogen-bond acceptors (Lipinski definition) is 5. The summed E-state index contributed by atoms with van der Waals surface area (Å²) in [4.78, 5) is 21.6. The number of fused-ring (bicyclic) bond motifs is 2. The molecule has 2 aromatic heterocycles. The molecule has 0 aliphatic carbocycles. The van der Waals surface area contributed by atoms with E-state index in [1.54, 1.807) is 13.3 Å². The summed E-state index contributed by atoms with van der Waals surface area (Å²) in [6, 6.07) is 17.5. The number of carbonyl (C=O) groups excluding carboxylic acids is 1. The van der Waals surface area contributed by atoms with Gasteiger partial charge in [-0.3, -0.25) is 9.78 Å². The standard InChI is InChI=1S/C21H20N4O2S/c1-27-13-12-25-19-10-3-2-7-18(19)24-21(25)28-14-20(26)23-17-9-4-8-16-15(17)6-5-11-22-16/h2-11H,12-14H2,1H3,(H,23,26). The van der Waals surface area contributed by atoms with Crippen molar-refractivity contribution < 1.29 is 9.53 Å². The molecule has 6 nitrogen and oxygen atoms in total. The molecule has 0 spiro atoms. The Kier molecular flexibility index (Phi) is 5.55. The van der Waals surface area contributed by atoms with Gasteiger partial charge in [-0.15, -0.1) is 0 Å². The number of imidazole rings is 1. The monoisotopic (exact) mass is 392 g/mol. The van der Waals surface area contributed by atoms with Gasteiger partial charge in [0.05, 0.1) is 34.6 Å². The van der Waals surface area contributed by atoms with Crippen LogP contribution >= 0.6 is 11.8 Å². The summed E-state index contributed by atoms with van der Waals surface area (Å²) >= 11 is 1.42. The van der Waals surface area contributed by atoms with Crippen molar-refractivity contribution >= 4 is 45.3 Å². The average Bonchev–Trinajstić information content (AvgIpc) is 3.08. The molecule has 142 valence electrons. The summed E-state index contributed by atoms with van der Waals surface area (Å²) < 4.78 is 7.32. The molecule has 0 fully saturated rings. The molecule has 0 aliphatic rings. The molecule has 1 N–H and O–H groups in total. The topological polar surface area (TPSA) is 69.0 Å². The van der Waals surface area contributed by atoms with Crippen molar-refractivity contribution in [2.24, 2.45) is 0 Å². The lowest BCUT2D eigenvalue weighted by Gasteiger charge is -2.10. The van der Waals surface area contributed by atoms with Gasteiger partial charge in [0.25, 0.3) is 0 Å². The quantitative estimate of drug-likeness (QED) is 0.482. The molecular weight excluding hydrogens is 372 g/mol. The van der Waals surface area contributed by atoms with Crippen molar-refractivity contribution in [2.75, 3.05) is 24.8 Å². The van der Waals surface area contributed by atoms with E-state index in [0.717, 1.165) is 32.8 Å². The van der Waals surface area contributed by atoms with E-state index in [1.807, 2.05) is 54.6 Å². The summed E-state index contributed by atoms with van der Waals surface area (Å²) in [5.41, 5.74) is 3.59. The first kappa shape index (κ1) is 18.5. The van der Waals surface area contributed by atoms with Crippen molar-refractivity contribution in [3.8, 4) is 0 Å². The maximum absolute atomic E-state index is 12.6. The Bertz CT molecular complexity index is 1120. The maximum atomic E-state index is 12.6. The first-order valence-electron chi connectivity index (χ1n) is 8.97. The fraction of sp³-hybridized carbons (Fsp3) is 0.190. The van der Waals surface area contributed by atoms with E-state index in [0.29, 0.717) is 13.2 Å². The first-order valence-corrected chi connectivity index (χ1v) is 9.95. The van der Waals surface area contributed by atoms with E-state index in [2.05, 4.69) is 19.9 Å². The highest BCUT2D eigenvalue weighted by Crippen LogP contribution is 2.25. The highest BCUT2D eigenvalue weighted by molar-refractivity contribution is 7.99. The van der Waals surface area contributed by atoms with Crippen molar-refractivity contribution in [2.45, 2.75) is 11.7 Å². The van der Waals surface area contributed by atoms with E-state index in [-0.39, 0.29) is 11.7 Å². The van der Waals surface area contributed by atoms with Crippen molar-refractivity contribution in [1.82, 2.24) is 14.5 Å². The van der Waals surface area contributed by atoms with Crippen LogP contribution in [-0.2, 0) is 16.1 Å². The summed E-state index contributed by atoms with van der Waals surface area (Å²) in [5.74, 6) is 0.194. The predicted octanol–water partition coefficient (Wildman–Crippen LogP) is 3.96. The van der Waals surface area contributed by atoms with Gasteiger partial charge >= 0.3 is 0 Å². The Balaban J connectivity index is 1.50. The highest BCUT2D eigenvalue weighted by atomic mass is 32.2. The molecular formula is C21H20N4O2S. The number of ether oxygens (including phenoxy) is 1. The number of nitrogens with zero attached hydrogens (tertiary/aromatic N) is 3. The summed E-state index contributed by atoms with van der Waals surface area (Å²) in [5, 5.41) is 4.73. The summed E-state index contributed by atoms with van der Waals surface area (Å²) in [6.45, 7) is 1.28. The first-order chi connectivity index (χ1) is 13.8. The van der Waals surface area contributed by atoms with E-state index < -0.39 is 0 Å². The highest BCUT2D eigenvalue weighted by Gasteiger charge is 2.13. The van der Waals surface area contributed by atoms with Crippen molar-refractivity contribution in [3.05, 3.63) is 60.8 Å². The third kappa shape index (κ3) is 3.85. The third-order valence-electron chi connectivity index (χ3n) is 4.39. The summed E-state index contributed by atoms with van der Waals surface area (Å²) in [7, 11) is 1.68. The number of hydrogen-bond donors (Lipinski definition) is 1. The number of nitrogens with one attached hydrogen (secondary N) is 1. The predicted molar refractivity (Wildman–Crippen MR) is 113 cm³/mol. The Morgan fingerprint density at radius 1 is 1.11 bits per heavy atom. The van der Waals surface area contributed by atoms with Crippen LogP contribution in [0.4, 0.5) is 5.69 Å². The van der Waals surface area contributed by atoms with Crippen LogP contribution in [0.25, 0.3) is 21.9 Å². The number of pyridine rings is 1. The molecule has 0 unspecified atom stereocenters. The Labute approximate surface area is 166 Å². The number of rotatable bonds is 7. The minimum atomic E-state index is -0.0771. The largest absolute Gasteiger partial charge is 0.383 e. The smallest absolute Gasteiger partial charge is 0.234 e. The third-order valence-corrected chi connectivity index (χ3v) is 5.37. The Hall–Kier alpha value is -2.90. The van der Waals surface area contributed by atoms with Crippen LogP contribution in [0.1, 0.15) is 0 Å². The van der Waals surface area contributed by atoms with Crippen LogP contribution in [-0.4, -0.2) is 39.9 Å². The molecule has 2 heterocycles. The number of aromatic nitrogens is 3. The van der Waals surface area contributed by atoms with Crippen LogP contribution in [0, 0.1) is 0 Å². The van der Waals surface area contributed by atoms with Crippen LogP contribution < -0.4 is 5.32 Å². The Morgan fingerprint density at radius 3 is 2.86 bits per heavy atom. The molecule has 0 aliphatic heterocycles. The number of benzene rings is 2. The molecule has 4 rings (SSSR count). The van der Waals surface area contributed by atoms with Crippen LogP contribution in [0.5, 0.6) is 0 Å². The van der Waals surface area contributed by atoms with Crippen LogP contribution in [0.2, 0.25) is 0 Å². The molecule has 4 aromatic rings. The number of thioether (sulfide) groups is 1. The number of methoxy groups -OCH3 is 1. The minimum absolute atomic E-state index is 0.0771. The molecule has 0 saturated heterocycles. The zero-order valence-electron chi connectivity index (χ0n) is 15.5. The van der Waals surface area contributed by atoms with Crippen molar-refractivity contribution in [3.63, 3.8) is 0 Å². The van der Waals surface area contributed by atoms with Gasteiger partial charge in [0, 0.05) is 25.2 Å². The number of amides is 1. The lowest BCUT2D eigenvalue weighted by atomic mass is 10.2. The molecule has 7 heteroatoms. The van der Waals surface area contributed by atoms with Gasteiger partial charge < -0.3 is 14.6 Å². The van der Waals surface area contributed by atoms with Gasteiger partial charge in [-0.2, -0.15) is 0 Å². The SMILES string of the molecule is COCCn1c(SCC(=O)Nc2cccc3ncccc23)nc2ccccc21. The number of para-hydroxylation sites is 2. The zero-order valence-corrected chi connectivity index (χ0v) is 16.3. The van der Waals surface area contributed by atoms with E-state index in [9.17, 15) is 4.79 Å². The lowest BCUT2D eigenvalue weighted by molar-refractivity contribution is -0.113. The second-order valence-electron chi connectivity index (χ2n) is 6.24. The average molecular weight is 392 g/mol. The number of carbonyl (C=O) groups is 1.